The Morgan fingerprint density at radius 2 is 1.73 bits per heavy atom. The number of Topliss-reactive ketones (excluding diaryl/α,β-unsaturated/α-hetero) is 1. The normalized spacial score (nSPS) is 34.0. The molecule has 2 aliphatic heterocycles. The number of carbonyl (C=O) groups excluding carboxylic acids is 2. The van der Waals surface area contributed by atoms with Crippen LogP contribution in [0, 0.1) is 5.92 Å². The zero-order valence-electron chi connectivity index (χ0n) is 9.23. The van der Waals surface area contributed by atoms with Crippen molar-refractivity contribution >= 4 is 11.9 Å². The second-order valence-corrected chi connectivity index (χ2v) is 4.54. The third kappa shape index (κ3) is 1.73. The molecular formula is C11H17NO3. The summed E-state index contributed by atoms with van der Waals surface area (Å²) in [6, 6.07) is 0.454. The Morgan fingerprint density at radius 1 is 1.20 bits per heavy atom. The number of hydrogen-bond donors (Lipinski definition) is 0. The molecule has 2 rings (SSSR count). The third-order valence-corrected chi connectivity index (χ3v) is 3.69. The van der Waals surface area contributed by atoms with Gasteiger partial charge in [-0.25, -0.2) is 4.79 Å². The van der Waals surface area contributed by atoms with Crippen molar-refractivity contribution in [1.82, 2.24) is 4.90 Å². The van der Waals surface area contributed by atoms with Crippen molar-refractivity contribution in [2.45, 2.75) is 44.7 Å². The Labute approximate surface area is 89.6 Å². The monoisotopic (exact) mass is 211 g/mol. The van der Waals surface area contributed by atoms with Crippen molar-refractivity contribution in [2.24, 2.45) is 5.92 Å². The molecule has 2 aliphatic rings. The van der Waals surface area contributed by atoms with Crippen LogP contribution in [0.2, 0.25) is 0 Å². The van der Waals surface area contributed by atoms with E-state index in [-0.39, 0.29) is 29.9 Å². The molecule has 2 fully saturated rings. The largest absolute Gasteiger partial charge is 0.453 e. The minimum Gasteiger partial charge on any atom is -0.453 e. The lowest BCUT2D eigenvalue weighted by molar-refractivity contribution is -0.122. The molecule has 0 N–H and O–H groups in total. The van der Waals surface area contributed by atoms with Gasteiger partial charge in [0.05, 0.1) is 7.11 Å². The molecule has 0 aromatic rings. The lowest BCUT2D eigenvalue weighted by atomic mass is 9.88. The second kappa shape index (κ2) is 3.83. The molecule has 2 heterocycles. The fourth-order valence-corrected chi connectivity index (χ4v) is 2.91. The van der Waals surface area contributed by atoms with Crippen molar-refractivity contribution in [3.63, 3.8) is 0 Å². The van der Waals surface area contributed by atoms with Gasteiger partial charge in [-0.05, 0) is 32.6 Å². The standard InChI is InChI=1S/C11H17NO3/c1-7(13)8-5-9-3-4-10(6-8)12(9)11(14)15-2/h8-10H,3-6H2,1-2H3/t8?,9-,10+. The van der Waals surface area contributed by atoms with Gasteiger partial charge in [0.1, 0.15) is 5.78 Å². The molecule has 2 bridgehead atoms. The maximum Gasteiger partial charge on any atom is 0.409 e. The van der Waals surface area contributed by atoms with Crippen LogP contribution in [-0.2, 0) is 9.53 Å². The molecule has 2 saturated heterocycles. The first-order chi connectivity index (χ1) is 7.13. The summed E-state index contributed by atoms with van der Waals surface area (Å²) >= 11 is 0. The molecule has 1 unspecified atom stereocenters. The van der Waals surface area contributed by atoms with Gasteiger partial charge in [0.25, 0.3) is 0 Å². The van der Waals surface area contributed by atoms with Gasteiger partial charge in [-0.15, -0.1) is 0 Å². The Kier molecular flexibility index (Phi) is 2.67. The number of amides is 1. The topological polar surface area (TPSA) is 46.6 Å². The molecule has 0 spiro atoms. The molecule has 0 radical (unpaired) electrons. The van der Waals surface area contributed by atoms with Gasteiger partial charge in [-0.2, -0.15) is 0 Å². The molecule has 15 heavy (non-hydrogen) atoms. The maximum absolute atomic E-state index is 11.5. The third-order valence-electron chi connectivity index (χ3n) is 3.69. The minimum absolute atomic E-state index is 0.156. The SMILES string of the molecule is COC(=O)N1[C@@H]2CC[C@H]1CC(C(C)=O)C2. The molecule has 4 nitrogen and oxygen atoms in total. The molecule has 0 aromatic heterocycles. The van der Waals surface area contributed by atoms with Crippen LogP contribution < -0.4 is 0 Å². The maximum atomic E-state index is 11.5. The van der Waals surface area contributed by atoms with E-state index >= 15 is 0 Å². The van der Waals surface area contributed by atoms with E-state index < -0.39 is 0 Å². The summed E-state index contributed by atoms with van der Waals surface area (Å²) in [5.74, 6) is 0.417. The van der Waals surface area contributed by atoms with Crippen molar-refractivity contribution in [3.8, 4) is 0 Å². The quantitative estimate of drug-likeness (QED) is 0.661. The minimum atomic E-state index is -0.232. The number of ether oxygens (including phenoxy) is 1. The fourth-order valence-electron chi connectivity index (χ4n) is 2.91. The lowest BCUT2D eigenvalue weighted by Gasteiger charge is -2.36. The summed E-state index contributed by atoms with van der Waals surface area (Å²) in [6.45, 7) is 1.65. The smallest absolute Gasteiger partial charge is 0.409 e. The van der Waals surface area contributed by atoms with Crippen LogP contribution in [0.4, 0.5) is 4.79 Å². The molecule has 1 amide bonds. The predicted octanol–water partition coefficient (Wildman–Crippen LogP) is 1.58. The van der Waals surface area contributed by atoms with Gasteiger partial charge < -0.3 is 9.64 Å². The first-order valence-electron chi connectivity index (χ1n) is 5.50. The fraction of sp³-hybridized carbons (Fsp3) is 0.818. The van der Waals surface area contributed by atoms with Crippen LogP contribution in [0.25, 0.3) is 0 Å². The van der Waals surface area contributed by atoms with Crippen molar-refractivity contribution in [3.05, 3.63) is 0 Å². The summed E-state index contributed by atoms with van der Waals surface area (Å²) in [7, 11) is 1.42. The summed E-state index contributed by atoms with van der Waals surface area (Å²) < 4.78 is 4.77. The van der Waals surface area contributed by atoms with Crippen molar-refractivity contribution in [2.75, 3.05) is 7.11 Å². The Bertz CT molecular complexity index is 276. The number of ketones is 1. The molecule has 84 valence electrons. The average Bonchev–Trinajstić information content (AvgIpc) is 2.47. The predicted molar refractivity (Wildman–Crippen MR) is 54.5 cm³/mol. The van der Waals surface area contributed by atoms with Crippen LogP contribution in [0.1, 0.15) is 32.6 Å². The first kappa shape index (κ1) is 10.5. The average molecular weight is 211 g/mol. The second-order valence-electron chi connectivity index (χ2n) is 4.54. The molecule has 0 aliphatic carbocycles. The van der Waals surface area contributed by atoms with E-state index in [0.29, 0.717) is 0 Å². The van der Waals surface area contributed by atoms with Crippen LogP contribution in [0.15, 0.2) is 0 Å². The highest BCUT2D eigenvalue weighted by Crippen LogP contribution is 2.39. The van der Waals surface area contributed by atoms with Crippen LogP contribution >= 0.6 is 0 Å². The van der Waals surface area contributed by atoms with Gasteiger partial charge in [0, 0.05) is 18.0 Å². The van der Waals surface area contributed by atoms with Gasteiger partial charge in [0.15, 0.2) is 0 Å². The molecular weight excluding hydrogens is 194 g/mol. The number of methoxy groups -OCH3 is 1. The zero-order valence-corrected chi connectivity index (χ0v) is 9.23. The first-order valence-corrected chi connectivity index (χ1v) is 5.50. The Hall–Kier alpha value is -1.06. The van der Waals surface area contributed by atoms with E-state index in [2.05, 4.69) is 0 Å². The van der Waals surface area contributed by atoms with E-state index in [1.165, 1.54) is 7.11 Å². The van der Waals surface area contributed by atoms with Crippen molar-refractivity contribution < 1.29 is 14.3 Å². The van der Waals surface area contributed by atoms with Crippen LogP contribution in [-0.4, -0.2) is 36.0 Å². The van der Waals surface area contributed by atoms with Crippen molar-refractivity contribution in [1.29, 1.82) is 0 Å². The molecule has 3 atom stereocenters. The number of piperidine rings is 1. The summed E-state index contributed by atoms with van der Waals surface area (Å²) in [5, 5.41) is 0. The van der Waals surface area contributed by atoms with Gasteiger partial charge in [-0.1, -0.05) is 0 Å². The number of nitrogens with zero attached hydrogens (tertiary/aromatic N) is 1. The van der Waals surface area contributed by atoms with E-state index in [9.17, 15) is 9.59 Å². The molecule has 4 heteroatoms. The number of carbonyl (C=O) groups is 2. The van der Waals surface area contributed by atoms with Crippen LogP contribution in [0.3, 0.4) is 0 Å². The summed E-state index contributed by atoms with van der Waals surface area (Å²) in [6.07, 6.45) is 3.44. The van der Waals surface area contributed by atoms with Crippen LogP contribution in [0.5, 0.6) is 0 Å². The number of hydrogen-bond acceptors (Lipinski definition) is 3. The summed E-state index contributed by atoms with van der Waals surface area (Å²) in [4.78, 5) is 24.7. The van der Waals surface area contributed by atoms with E-state index in [1.807, 2.05) is 4.90 Å². The van der Waals surface area contributed by atoms with E-state index in [0.717, 1.165) is 25.7 Å². The highest BCUT2D eigenvalue weighted by Gasteiger charge is 2.44. The van der Waals surface area contributed by atoms with Gasteiger partial charge in [-0.3, -0.25) is 4.79 Å². The highest BCUT2D eigenvalue weighted by atomic mass is 16.5. The van der Waals surface area contributed by atoms with Gasteiger partial charge in [0.2, 0.25) is 0 Å². The number of fused-ring (bicyclic) bond motifs is 2. The van der Waals surface area contributed by atoms with E-state index in [1.54, 1.807) is 6.92 Å². The van der Waals surface area contributed by atoms with Gasteiger partial charge >= 0.3 is 6.09 Å². The molecule has 0 saturated carbocycles. The number of rotatable bonds is 1. The summed E-state index contributed by atoms with van der Waals surface area (Å²) in [5.41, 5.74) is 0. The zero-order chi connectivity index (χ0) is 11.0. The van der Waals surface area contributed by atoms with E-state index in [4.69, 9.17) is 4.74 Å². The Balaban J connectivity index is 2.10. The Morgan fingerprint density at radius 3 is 2.13 bits per heavy atom. The lowest BCUT2D eigenvalue weighted by Crippen LogP contribution is -2.47. The molecule has 0 aromatic carbocycles. The highest BCUT2D eigenvalue weighted by molar-refractivity contribution is 5.79.